The van der Waals surface area contributed by atoms with Gasteiger partial charge in [-0.2, -0.15) is 0 Å². The lowest BCUT2D eigenvalue weighted by Gasteiger charge is -2.40. The number of aliphatic hydroxyl groups excluding tert-OH is 1. The van der Waals surface area contributed by atoms with Crippen LogP contribution in [-0.2, 0) is 10.2 Å². The van der Waals surface area contributed by atoms with Crippen molar-refractivity contribution in [3.05, 3.63) is 35.9 Å². The van der Waals surface area contributed by atoms with Crippen LogP contribution in [0.5, 0.6) is 0 Å². The van der Waals surface area contributed by atoms with E-state index in [4.69, 9.17) is 11.6 Å². The maximum absolute atomic E-state index is 11.7. The van der Waals surface area contributed by atoms with E-state index in [1.54, 1.807) is 0 Å². The Hall–Kier alpha value is -0.860. The second-order valence-electron chi connectivity index (χ2n) is 4.95. The van der Waals surface area contributed by atoms with E-state index in [1.165, 1.54) is 0 Å². The number of carbonyl (C=O) groups excluding carboxylic acids is 1. The van der Waals surface area contributed by atoms with Crippen LogP contribution in [0.4, 0.5) is 0 Å². The van der Waals surface area contributed by atoms with Gasteiger partial charge in [0.1, 0.15) is 0 Å². The third-order valence-electron chi connectivity index (χ3n) is 3.12. The molecule has 16 heavy (non-hydrogen) atoms. The van der Waals surface area contributed by atoms with E-state index < -0.39 is 16.1 Å². The molecule has 0 aliphatic rings. The summed E-state index contributed by atoms with van der Waals surface area (Å²) in [5.41, 5.74) is -0.734. The first-order valence-corrected chi connectivity index (χ1v) is 5.60. The highest BCUT2D eigenvalue weighted by Gasteiger charge is 2.48. The maximum atomic E-state index is 11.7. The lowest BCUT2D eigenvalue weighted by atomic mass is 9.64. The summed E-state index contributed by atoms with van der Waals surface area (Å²) in [4.78, 5) is 11.7. The molecular weight excluding hydrogens is 224 g/mol. The lowest BCUT2D eigenvalue weighted by Crippen LogP contribution is -2.48. The zero-order valence-electron chi connectivity index (χ0n) is 9.83. The summed E-state index contributed by atoms with van der Waals surface area (Å²) in [5, 5.41) is 9.11. The van der Waals surface area contributed by atoms with Gasteiger partial charge in [-0.15, -0.1) is 0 Å². The number of rotatable bonds is 3. The van der Waals surface area contributed by atoms with Crippen LogP contribution in [0.1, 0.15) is 26.3 Å². The molecule has 88 valence electrons. The Morgan fingerprint density at radius 2 is 1.75 bits per heavy atom. The minimum Gasteiger partial charge on any atom is -0.395 e. The molecule has 2 nitrogen and oxygen atoms in total. The number of hydrogen-bond donors (Lipinski definition) is 1. The van der Waals surface area contributed by atoms with Gasteiger partial charge in [-0.25, -0.2) is 0 Å². The summed E-state index contributed by atoms with van der Waals surface area (Å²) < 4.78 is 0. The molecule has 0 spiro atoms. The maximum Gasteiger partial charge on any atom is 0.235 e. The number of benzene rings is 1. The molecule has 1 unspecified atom stereocenters. The average molecular weight is 241 g/mol. The normalized spacial score (nSPS) is 15.6. The molecule has 1 aromatic carbocycles. The van der Waals surface area contributed by atoms with Crippen molar-refractivity contribution < 1.29 is 9.90 Å². The highest BCUT2D eigenvalue weighted by Crippen LogP contribution is 2.43. The van der Waals surface area contributed by atoms with E-state index in [-0.39, 0.29) is 6.61 Å². The summed E-state index contributed by atoms with van der Waals surface area (Å²) in [7, 11) is 0. The van der Waals surface area contributed by atoms with Crippen LogP contribution in [-0.4, -0.2) is 17.0 Å². The summed E-state index contributed by atoms with van der Waals surface area (Å²) >= 11 is 5.72. The molecule has 0 heterocycles. The number of halogens is 1. The number of aliphatic hydroxyl groups is 1. The van der Waals surface area contributed by atoms with Gasteiger partial charge in [0.2, 0.25) is 5.24 Å². The average Bonchev–Trinajstić information content (AvgIpc) is 2.18. The fourth-order valence-corrected chi connectivity index (χ4v) is 2.41. The van der Waals surface area contributed by atoms with Crippen molar-refractivity contribution in [1.29, 1.82) is 0 Å². The van der Waals surface area contributed by atoms with Gasteiger partial charge >= 0.3 is 0 Å². The first-order valence-electron chi connectivity index (χ1n) is 5.22. The second-order valence-corrected chi connectivity index (χ2v) is 5.30. The first kappa shape index (κ1) is 13.2. The Labute approximate surface area is 101 Å². The molecule has 3 heteroatoms. The summed E-state index contributed by atoms with van der Waals surface area (Å²) in [6.07, 6.45) is 0. The van der Waals surface area contributed by atoms with Crippen LogP contribution in [0, 0.1) is 5.41 Å². The highest BCUT2D eigenvalue weighted by atomic mass is 35.5. The molecule has 0 radical (unpaired) electrons. The molecule has 0 aromatic heterocycles. The third kappa shape index (κ3) is 2.00. The molecule has 0 saturated heterocycles. The van der Waals surface area contributed by atoms with Gasteiger partial charge in [-0.1, -0.05) is 51.1 Å². The van der Waals surface area contributed by atoms with Crippen LogP contribution < -0.4 is 0 Å². The third-order valence-corrected chi connectivity index (χ3v) is 3.44. The van der Waals surface area contributed by atoms with E-state index >= 15 is 0 Å². The molecule has 1 atom stereocenters. The number of hydrogen-bond acceptors (Lipinski definition) is 2. The van der Waals surface area contributed by atoms with E-state index in [1.807, 2.05) is 51.1 Å². The van der Waals surface area contributed by atoms with Crippen molar-refractivity contribution in [3.63, 3.8) is 0 Å². The van der Waals surface area contributed by atoms with E-state index in [9.17, 15) is 9.90 Å². The zero-order valence-corrected chi connectivity index (χ0v) is 10.6. The smallest absolute Gasteiger partial charge is 0.235 e. The van der Waals surface area contributed by atoms with Crippen molar-refractivity contribution in [3.8, 4) is 0 Å². The van der Waals surface area contributed by atoms with Crippen LogP contribution in [0.15, 0.2) is 30.3 Å². The molecule has 0 fully saturated rings. The standard InChI is InChI=1S/C13H17ClO2/c1-12(2,3)13(9-15,11(14)16)10-7-5-4-6-8-10/h4-8,15H,9H2,1-3H3. The van der Waals surface area contributed by atoms with Crippen LogP contribution in [0.3, 0.4) is 0 Å². The van der Waals surface area contributed by atoms with Crippen molar-refractivity contribution in [1.82, 2.24) is 0 Å². The van der Waals surface area contributed by atoms with Gasteiger partial charge in [0.15, 0.2) is 0 Å². The molecule has 0 aliphatic heterocycles. The van der Waals surface area contributed by atoms with Crippen LogP contribution in [0.25, 0.3) is 0 Å². The van der Waals surface area contributed by atoms with Gasteiger partial charge in [-0.3, -0.25) is 4.79 Å². The minimum absolute atomic E-state index is 0.289. The summed E-state index contributed by atoms with van der Waals surface area (Å²) in [6, 6.07) is 9.19. The van der Waals surface area contributed by atoms with Gasteiger partial charge in [0.05, 0.1) is 12.0 Å². The highest BCUT2D eigenvalue weighted by molar-refractivity contribution is 6.65. The quantitative estimate of drug-likeness (QED) is 0.825. The monoisotopic (exact) mass is 240 g/mol. The zero-order chi connectivity index (χ0) is 12.4. The lowest BCUT2D eigenvalue weighted by molar-refractivity contribution is -0.122. The van der Waals surface area contributed by atoms with Gasteiger partial charge in [0, 0.05) is 0 Å². The van der Waals surface area contributed by atoms with E-state index in [2.05, 4.69) is 0 Å². The first-order chi connectivity index (χ1) is 7.36. The fraction of sp³-hybridized carbons (Fsp3) is 0.462. The Morgan fingerprint density at radius 1 is 1.25 bits per heavy atom. The van der Waals surface area contributed by atoms with Crippen LogP contribution in [0.2, 0.25) is 0 Å². The SMILES string of the molecule is CC(C)(C)C(CO)(C(=O)Cl)c1ccccc1. The predicted octanol–water partition coefficient (Wildman–Crippen LogP) is 2.73. The van der Waals surface area contributed by atoms with Gasteiger partial charge < -0.3 is 5.11 Å². The minimum atomic E-state index is -1.05. The largest absolute Gasteiger partial charge is 0.395 e. The molecular formula is C13H17ClO2. The molecule has 0 saturated carbocycles. The molecule has 0 bridgehead atoms. The second kappa shape index (κ2) is 4.56. The van der Waals surface area contributed by atoms with E-state index in [0.717, 1.165) is 5.56 Å². The Balaban J connectivity index is 3.42. The Morgan fingerprint density at radius 3 is 2.06 bits per heavy atom. The summed E-state index contributed by atoms with van der Waals surface area (Å²) in [6.45, 7) is 5.41. The Bertz CT molecular complexity index is 367. The van der Waals surface area contributed by atoms with Crippen molar-refractivity contribution in [2.75, 3.05) is 6.61 Å². The van der Waals surface area contributed by atoms with Crippen LogP contribution >= 0.6 is 11.6 Å². The molecule has 1 rings (SSSR count). The van der Waals surface area contributed by atoms with Crippen molar-refractivity contribution in [2.24, 2.45) is 5.41 Å². The Kier molecular flexibility index (Phi) is 3.76. The number of carbonyl (C=O) groups is 1. The van der Waals surface area contributed by atoms with Crippen molar-refractivity contribution in [2.45, 2.75) is 26.2 Å². The molecule has 0 aliphatic carbocycles. The topological polar surface area (TPSA) is 37.3 Å². The predicted molar refractivity (Wildman–Crippen MR) is 65.5 cm³/mol. The molecule has 1 aromatic rings. The molecule has 0 amide bonds. The van der Waals surface area contributed by atoms with E-state index in [0.29, 0.717) is 0 Å². The molecule has 1 N–H and O–H groups in total. The van der Waals surface area contributed by atoms with Gasteiger partial charge in [0.25, 0.3) is 0 Å². The van der Waals surface area contributed by atoms with Gasteiger partial charge in [-0.05, 0) is 22.6 Å². The summed E-state index contributed by atoms with van der Waals surface area (Å²) in [5.74, 6) is 0. The fourth-order valence-electron chi connectivity index (χ4n) is 1.95. The van der Waals surface area contributed by atoms with Crippen molar-refractivity contribution >= 4 is 16.8 Å².